The molecule has 12 nitrogen and oxygen atoms in total. The van der Waals surface area contributed by atoms with Gasteiger partial charge in [-0.3, -0.25) is 14.4 Å². The first-order chi connectivity index (χ1) is 22.4. The van der Waals surface area contributed by atoms with Crippen LogP contribution in [0.25, 0.3) is 11.0 Å². The summed E-state index contributed by atoms with van der Waals surface area (Å²) in [5.74, 6) is -5.68. The summed E-state index contributed by atoms with van der Waals surface area (Å²) in [7, 11) is 4.40. The van der Waals surface area contributed by atoms with Crippen molar-refractivity contribution in [3.05, 3.63) is 87.6 Å². The highest BCUT2D eigenvalue weighted by molar-refractivity contribution is 5.96. The Morgan fingerprint density at radius 1 is 1.06 bits per heavy atom. The van der Waals surface area contributed by atoms with E-state index in [4.69, 9.17) is 4.74 Å². The summed E-state index contributed by atoms with van der Waals surface area (Å²) in [6, 6.07) is 5.30. The number of rotatable bonds is 13. The molecular weight excluding hydrogens is 628 g/mol. The predicted octanol–water partition coefficient (Wildman–Crippen LogP) is 4.22. The number of alkyl carbamates (subject to hydrolysis) is 1. The number of amides is 3. The van der Waals surface area contributed by atoms with E-state index in [1.165, 1.54) is 27.8 Å². The summed E-state index contributed by atoms with van der Waals surface area (Å²) >= 11 is 0. The predicted molar refractivity (Wildman–Crippen MR) is 162 cm³/mol. The molecule has 3 amide bonds. The number of methoxy groups -OCH3 is 1. The second-order valence-electron chi connectivity index (χ2n) is 10.7. The fourth-order valence-electron chi connectivity index (χ4n) is 4.57. The molecule has 16 heteroatoms. The average molecular weight is 661 g/mol. The third kappa shape index (κ3) is 8.65. The minimum Gasteiger partial charge on any atom is -0.483 e. The monoisotopic (exact) mass is 660 g/mol. The zero-order valence-corrected chi connectivity index (χ0v) is 25.7. The Kier molecular flexibility index (Phi) is 11.2. The van der Waals surface area contributed by atoms with Crippen molar-refractivity contribution in [2.45, 2.75) is 44.9 Å². The molecule has 3 N–H and O–H groups in total. The van der Waals surface area contributed by atoms with Crippen molar-refractivity contribution < 1.29 is 41.4 Å². The van der Waals surface area contributed by atoms with E-state index in [0.29, 0.717) is 18.9 Å². The van der Waals surface area contributed by atoms with E-state index in [2.05, 4.69) is 25.3 Å². The Labute approximate surface area is 265 Å². The van der Waals surface area contributed by atoms with Crippen LogP contribution in [0.15, 0.2) is 47.4 Å². The minimum atomic E-state index is -1.36. The SMILES string of the molecule is COC(=O)N[C@@H](CCCCC(=O)N(C)C)C(=O)Nc1cccn(Cc2nc3cc(F)c(F)c(OCc4ccc(F)cc4F)c3[nH]2)c1=O. The maximum absolute atomic E-state index is 14.8. The summed E-state index contributed by atoms with van der Waals surface area (Å²) in [5.41, 5.74) is -0.999. The lowest BCUT2D eigenvalue weighted by Crippen LogP contribution is -2.44. The Hall–Kier alpha value is -5.41. The lowest BCUT2D eigenvalue weighted by Gasteiger charge is -2.18. The molecule has 4 aromatic rings. The van der Waals surface area contributed by atoms with Gasteiger partial charge in [-0.2, -0.15) is 4.39 Å². The van der Waals surface area contributed by atoms with Gasteiger partial charge in [0, 0.05) is 44.4 Å². The summed E-state index contributed by atoms with van der Waals surface area (Å²) in [4.78, 5) is 58.5. The van der Waals surface area contributed by atoms with E-state index in [9.17, 15) is 36.7 Å². The fraction of sp³-hybridized carbons (Fsp3) is 0.323. The van der Waals surface area contributed by atoms with Crippen molar-refractivity contribution in [1.29, 1.82) is 0 Å². The second kappa shape index (κ2) is 15.2. The van der Waals surface area contributed by atoms with Gasteiger partial charge in [-0.25, -0.2) is 22.9 Å². The summed E-state index contributed by atoms with van der Waals surface area (Å²) in [6.45, 7) is -0.770. The third-order valence-electron chi connectivity index (χ3n) is 7.09. The van der Waals surface area contributed by atoms with Gasteiger partial charge < -0.3 is 34.6 Å². The number of aromatic amines is 1. The molecule has 0 aliphatic carbocycles. The van der Waals surface area contributed by atoms with Crippen molar-refractivity contribution >= 4 is 34.6 Å². The number of carbonyl (C=O) groups is 3. The first kappa shape index (κ1) is 34.5. The van der Waals surface area contributed by atoms with Gasteiger partial charge in [0.2, 0.25) is 17.6 Å². The molecule has 0 bridgehead atoms. The molecule has 250 valence electrons. The topological polar surface area (TPSA) is 148 Å². The number of unbranched alkanes of at least 4 members (excludes halogenated alkanes) is 1. The molecule has 0 aliphatic rings. The number of halogens is 4. The summed E-state index contributed by atoms with van der Waals surface area (Å²) < 4.78 is 67.6. The van der Waals surface area contributed by atoms with E-state index in [1.807, 2.05) is 0 Å². The third-order valence-corrected chi connectivity index (χ3v) is 7.09. The highest BCUT2D eigenvalue weighted by Gasteiger charge is 2.23. The number of H-pyrrole nitrogens is 1. The van der Waals surface area contributed by atoms with Crippen LogP contribution < -0.4 is 20.9 Å². The number of hydrogen-bond acceptors (Lipinski definition) is 7. The smallest absolute Gasteiger partial charge is 0.407 e. The Morgan fingerprint density at radius 2 is 1.83 bits per heavy atom. The summed E-state index contributed by atoms with van der Waals surface area (Å²) in [5, 5.41) is 4.93. The Bertz CT molecular complexity index is 1840. The number of fused-ring (bicyclic) bond motifs is 1. The van der Waals surface area contributed by atoms with Gasteiger partial charge in [0.25, 0.3) is 5.56 Å². The normalized spacial score (nSPS) is 11.6. The van der Waals surface area contributed by atoms with E-state index in [1.54, 1.807) is 14.1 Å². The van der Waals surface area contributed by atoms with Gasteiger partial charge in [0.1, 0.15) is 41.3 Å². The van der Waals surface area contributed by atoms with Crippen molar-refractivity contribution in [3.63, 3.8) is 0 Å². The molecule has 0 aliphatic heterocycles. The van der Waals surface area contributed by atoms with Gasteiger partial charge in [-0.05, 0) is 37.1 Å². The summed E-state index contributed by atoms with van der Waals surface area (Å²) in [6.07, 6.45) is 1.83. The van der Waals surface area contributed by atoms with E-state index in [-0.39, 0.29) is 53.4 Å². The number of pyridine rings is 1. The van der Waals surface area contributed by atoms with Gasteiger partial charge in [-0.15, -0.1) is 0 Å². The van der Waals surface area contributed by atoms with Gasteiger partial charge in [0.05, 0.1) is 19.2 Å². The van der Waals surface area contributed by atoms with Gasteiger partial charge in [0.15, 0.2) is 11.6 Å². The second-order valence-corrected chi connectivity index (χ2v) is 10.7. The van der Waals surface area contributed by atoms with Crippen molar-refractivity contribution in [3.8, 4) is 5.75 Å². The zero-order chi connectivity index (χ0) is 34.2. The number of benzene rings is 2. The highest BCUT2D eigenvalue weighted by Crippen LogP contribution is 2.31. The van der Waals surface area contributed by atoms with Crippen LogP contribution in [-0.4, -0.2) is 64.6 Å². The number of aromatic nitrogens is 3. The van der Waals surface area contributed by atoms with Crippen LogP contribution in [0.5, 0.6) is 5.75 Å². The lowest BCUT2D eigenvalue weighted by molar-refractivity contribution is -0.128. The number of hydrogen-bond donors (Lipinski definition) is 3. The first-order valence-corrected chi connectivity index (χ1v) is 14.4. The number of ether oxygens (including phenoxy) is 2. The minimum absolute atomic E-state index is 0.0463. The van der Waals surface area contributed by atoms with Crippen LogP contribution >= 0.6 is 0 Å². The quantitative estimate of drug-likeness (QED) is 0.144. The van der Waals surface area contributed by atoms with Crippen LogP contribution in [-0.2, 0) is 27.5 Å². The van der Waals surface area contributed by atoms with Gasteiger partial charge >= 0.3 is 6.09 Å². The molecule has 0 unspecified atom stereocenters. The number of anilines is 1. The van der Waals surface area contributed by atoms with Crippen LogP contribution in [0.1, 0.15) is 37.1 Å². The van der Waals surface area contributed by atoms with Crippen LogP contribution in [0.3, 0.4) is 0 Å². The van der Waals surface area contributed by atoms with Crippen LogP contribution in [0.2, 0.25) is 0 Å². The van der Waals surface area contributed by atoms with E-state index < -0.39 is 59.2 Å². The molecule has 2 aromatic heterocycles. The fourth-order valence-corrected chi connectivity index (χ4v) is 4.57. The van der Waals surface area contributed by atoms with Crippen LogP contribution in [0, 0.1) is 23.3 Å². The van der Waals surface area contributed by atoms with E-state index >= 15 is 0 Å². The zero-order valence-electron chi connectivity index (χ0n) is 25.7. The number of nitrogens with one attached hydrogen (secondary N) is 3. The van der Waals surface area contributed by atoms with Crippen molar-refractivity contribution in [2.75, 3.05) is 26.5 Å². The van der Waals surface area contributed by atoms with Crippen molar-refractivity contribution in [2.24, 2.45) is 0 Å². The molecule has 0 spiro atoms. The largest absolute Gasteiger partial charge is 0.483 e. The van der Waals surface area contributed by atoms with Crippen LogP contribution in [0.4, 0.5) is 28.0 Å². The Morgan fingerprint density at radius 3 is 2.53 bits per heavy atom. The molecule has 0 fully saturated rings. The number of imidazole rings is 1. The maximum atomic E-state index is 14.8. The Balaban J connectivity index is 1.51. The standard InChI is InChI=1S/C31H32F4N6O6/c1-40(2)25(42)9-5-4-7-21(38-31(45)46-3)29(43)37-22-8-6-12-41(30(22)44)15-24-36-23-14-20(34)26(35)28(27(23)39-24)47-16-17-10-11-18(32)13-19(17)33/h6,8,10-14,21H,4-5,7,9,15-16H2,1-3H3,(H,36,39)(H,37,43)(H,38,45)/t21-/m0/s1. The van der Waals surface area contributed by atoms with E-state index in [0.717, 1.165) is 25.3 Å². The molecule has 0 saturated carbocycles. The van der Waals surface area contributed by atoms with Gasteiger partial charge in [-0.1, -0.05) is 6.42 Å². The molecular formula is C31H32F4N6O6. The number of carbonyl (C=O) groups excluding carboxylic acids is 3. The molecule has 0 radical (unpaired) electrons. The molecule has 4 rings (SSSR count). The maximum Gasteiger partial charge on any atom is 0.407 e. The van der Waals surface area contributed by atoms with Crippen molar-refractivity contribution in [1.82, 2.24) is 24.8 Å². The molecule has 2 aromatic carbocycles. The molecule has 1 atom stereocenters. The molecule has 2 heterocycles. The number of nitrogens with zero attached hydrogens (tertiary/aromatic N) is 3. The lowest BCUT2D eigenvalue weighted by atomic mass is 10.1. The highest BCUT2D eigenvalue weighted by atomic mass is 19.2. The average Bonchev–Trinajstić information content (AvgIpc) is 3.42. The first-order valence-electron chi connectivity index (χ1n) is 14.4. The molecule has 47 heavy (non-hydrogen) atoms. The molecule has 0 saturated heterocycles.